The summed E-state index contributed by atoms with van der Waals surface area (Å²) in [6.07, 6.45) is 65.5. The Morgan fingerprint density at radius 3 is 2.23 bits per heavy atom. The molecule has 0 amide bonds. The first-order valence-electron chi connectivity index (χ1n) is 26.8. The van der Waals surface area contributed by atoms with Gasteiger partial charge in [0.2, 0.25) is 0 Å². The van der Waals surface area contributed by atoms with Gasteiger partial charge in [-0.05, 0) is 145 Å². The summed E-state index contributed by atoms with van der Waals surface area (Å²) in [4.78, 5) is 2.74. The smallest absolute Gasteiger partial charge is 0.0838 e. The monoisotopic (exact) mass is 900 g/mol. The molecule has 1 spiro atoms. The Balaban J connectivity index is 0.829. The van der Waals surface area contributed by atoms with Crippen molar-refractivity contribution in [2.24, 2.45) is 35.5 Å². The molecule has 0 bridgehead atoms. The average Bonchev–Trinajstić information content (AvgIpc) is 3.69. The molecule has 2 heteroatoms. The number of allylic oxidation sites excluding steroid dienone is 19. The van der Waals surface area contributed by atoms with Crippen LogP contribution in [0, 0.1) is 35.5 Å². The predicted molar refractivity (Wildman–Crippen MR) is 285 cm³/mol. The first-order valence-corrected chi connectivity index (χ1v) is 26.8. The molecule has 1 saturated heterocycles. The first-order chi connectivity index (χ1) is 34.2. The molecule has 344 valence electrons. The van der Waals surface area contributed by atoms with Crippen LogP contribution in [0.25, 0.3) is 6.08 Å². The van der Waals surface area contributed by atoms with Gasteiger partial charge >= 0.3 is 0 Å². The largest absolute Gasteiger partial charge is 0.366 e. The molecule has 69 heavy (non-hydrogen) atoms. The van der Waals surface area contributed by atoms with Crippen LogP contribution in [0.4, 0.5) is 5.69 Å². The Hall–Kier alpha value is -5.96. The van der Waals surface area contributed by atoms with Crippen LogP contribution < -0.4 is 4.90 Å². The van der Waals surface area contributed by atoms with Crippen LogP contribution in [0.15, 0.2) is 217 Å². The SMILES string of the molecule is C1=CC2OC3C=CC=CC3C3(c4cc5c(cc4C4C=CC(N(C6=CCC(C7=CC8C9=C(CCC=C9)C(c9ccccc9)CC8C=C7)C=C6)c6ccc(C7CC=CCC7)cc6)CC43)C=CCC5)C2C=C1. The van der Waals surface area contributed by atoms with Gasteiger partial charge in [0.15, 0.2) is 0 Å². The van der Waals surface area contributed by atoms with Crippen LogP contribution >= 0.6 is 0 Å². The van der Waals surface area contributed by atoms with E-state index in [1.165, 1.54) is 64.9 Å². The maximum Gasteiger partial charge on any atom is 0.0838 e. The zero-order valence-electron chi connectivity index (χ0n) is 39.9. The molecule has 14 rings (SSSR count). The topological polar surface area (TPSA) is 12.5 Å². The van der Waals surface area contributed by atoms with Crippen LogP contribution in [0.2, 0.25) is 0 Å². The second-order valence-electron chi connectivity index (χ2n) is 22.1. The third kappa shape index (κ3) is 6.90. The van der Waals surface area contributed by atoms with Crippen molar-refractivity contribution in [3.05, 3.63) is 250 Å². The highest BCUT2D eigenvalue weighted by atomic mass is 16.5. The summed E-state index contributed by atoms with van der Waals surface area (Å²) in [5, 5.41) is 0. The maximum absolute atomic E-state index is 7.07. The maximum atomic E-state index is 7.07. The van der Waals surface area contributed by atoms with E-state index in [0.29, 0.717) is 41.4 Å². The highest BCUT2D eigenvalue weighted by Gasteiger charge is 2.64. The van der Waals surface area contributed by atoms with Gasteiger partial charge in [-0.3, -0.25) is 0 Å². The lowest BCUT2D eigenvalue weighted by atomic mass is 9.51. The molecule has 11 aliphatic rings. The lowest BCUT2D eigenvalue weighted by Crippen LogP contribution is -2.60. The van der Waals surface area contributed by atoms with E-state index in [1.54, 1.807) is 22.3 Å². The molecule has 3 aromatic carbocycles. The highest BCUT2D eigenvalue weighted by Crippen LogP contribution is 2.66. The predicted octanol–water partition coefficient (Wildman–Crippen LogP) is 15.5. The summed E-state index contributed by atoms with van der Waals surface area (Å²) in [5.74, 6) is 3.75. The normalized spacial score (nSPS) is 35.9. The fraction of sp³-hybridized carbons (Fsp3) is 0.343. The molecule has 10 aliphatic carbocycles. The third-order valence-electron chi connectivity index (χ3n) is 18.8. The second kappa shape index (κ2) is 17.2. The lowest BCUT2D eigenvalue weighted by Gasteiger charge is -2.57. The van der Waals surface area contributed by atoms with Crippen LogP contribution in [0.3, 0.4) is 0 Å². The van der Waals surface area contributed by atoms with Gasteiger partial charge in [0.25, 0.3) is 0 Å². The molecule has 2 nitrogen and oxygen atoms in total. The van der Waals surface area contributed by atoms with Crippen molar-refractivity contribution in [3.63, 3.8) is 0 Å². The summed E-state index contributed by atoms with van der Waals surface area (Å²) >= 11 is 0. The lowest BCUT2D eigenvalue weighted by molar-refractivity contribution is -0.110. The molecule has 0 aromatic heterocycles. The minimum Gasteiger partial charge on any atom is -0.366 e. The van der Waals surface area contributed by atoms with Gasteiger partial charge in [-0.15, -0.1) is 0 Å². The average molecular weight is 900 g/mol. The van der Waals surface area contributed by atoms with Crippen molar-refractivity contribution >= 4 is 11.8 Å². The Labute approximate surface area is 410 Å². The molecule has 12 unspecified atom stereocenters. The van der Waals surface area contributed by atoms with Gasteiger partial charge in [0.05, 0.1) is 18.2 Å². The van der Waals surface area contributed by atoms with Crippen molar-refractivity contribution in [1.82, 2.24) is 0 Å². The number of hydrogen-bond donors (Lipinski definition) is 0. The number of benzene rings is 3. The number of rotatable bonds is 6. The fourth-order valence-corrected chi connectivity index (χ4v) is 15.7. The quantitative estimate of drug-likeness (QED) is 0.229. The number of aryl methyl sites for hydroxylation is 1. The van der Waals surface area contributed by atoms with Gasteiger partial charge in [0, 0.05) is 52.3 Å². The zero-order valence-corrected chi connectivity index (χ0v) is 39.9. The highest BCUT2D eigenvalue weighted by molar-refractivity contribution is 5.66. The molecule has 0 radical (unpaired) electrons. The van der Waals surface area contributed by atoms with E-state index in [9.17, 15) is 0 Å². The van der Waals surface area contributed by atoms with Gasteiger partial charge in [-0.1, -0.05) is 188 Å². The van der Waals surface area contributed by atoms with Crippen LogP contribution in [0.1, 0.15) is 109 Å². The number of ether oxygens (including phenoxy) is 1. The molecule has 12 atom stereocenters. The number of nitrogens with zero attached hydrogens (tertiary/aromatic N) is 1. The second-order valence-corrected chi connectivity index (χ2v) is 22.1. The van der Waals surface area contributed by atoms with Crippen molar-refractivity contribution < 1.29 is 4.74 Å². The summed E-state index contributed by atoms with van der Waals surface area (Å²) in [6.45, 7) is 0. The van der Waals surface area contributed by atoms with Crippen molar-refractivity contribution in [3.8, 4) is 0 Å². The van der Waals surface area contributed by atoms with Crippen LogP contribution in [-0.4, -0.2) is 18.2 Å². The Bertz CT molecular complexity index is 2920. The zero-order chi connectivity index (χ0) is 45.5. The summed E-state index contributed by atoms with van der Waals surface area (Å²) in [6, 6.07) is 26.6. The van der Waals surface area contributed by atoms with Gasteiger partial charge in [0.1, 0.15) is 0 Å². The molecule has 0 N–H and O–H groups in total. The minimum atomic E-state index is -0.109. The van der Waals surface area contributed by atoms with E-state index in [-0.39, 0.29) is 35.5 Å². The summed E-state index contributed by atoms with van der Waals surface area (Å²) in [7, 11) is 0. The Morgan fingerprint density at radius 1 is 0.623 bits per heavy atom. The van der Waals surface area contributed by atoms with Crippen molar-refractivity contribution in [1.29, 1.82) is 0 Å². The molecule has 3 aromatic rings. The van der Waals surface area contributed by atoms with E-state index >= 15 is 0 Å². The molecule has 1 fully saturated rings. The molecule has 0 saturated carbocycles. The number of fused-ring (bicyclic) bond motifs is 12. The fourth-order valence-electron chi connectivity index (χ4n) is 15.7. The van der Waals surface area contributed by atoms with E-state index in [4.69, 9.17) is 4.74 Å². The van der Waals surface area contributed by atoms with E-state index in [1.807, 2.05) is 0 Å². The Kier molecular flexibility index (Phi) is 10.4. The molecular weight excluding hydrogens is 835 g/mol. The van der Waals surface area contributed by atoms with Gasteiger partial charge < -0.3 is 9.64 Å². The van der Waals surface area contributed by atoms with Crippen molar-refractivity contribution in [2.45, 2.75) is 106 Å². The van der Waals surface area contributed by atoms with E-state index in [0.717, 1.165) is 38.5 Å². The molecular formula is C67H65NO. The van der Waals surface area contributed by atoms with Crippen LogP contribution in [0.5, 0.6) is 0 Å². The summed E-state index contributed by atoms with van der Waals surface area (Å²) in [5.41, 5.74) is 16.4. The van der Waals surface area contributed by atoms with Crippen molar-refractivity contribution in [2.75, 3.05) is 4.90 Å². The number of anilines is 1. The molecule has 1 aliphatic heterocycles. The van der Waals surface area contributed by atoms with E-state index in [2.05, 4.69) is 205 Å². The van der Waals surface area contributed by atoms with Gasteiger partial charge in [-0.2, -0.15) is 0 Å². The summed E-state index contributed by atoms with van der Waals surface area (Å²) < 4.78 is 7.07. The number of hydrogen-bond acceptors (Lipinski definition) is 2. The Morgan fingerprint density at radius 2 is 1.43 bits per heavy atom. The molecule has 1 heterocycles. The van der Waals surface area contributed by atoms with Crippen LogP contribution in [-0.2, 0) is 16.6 Å². The first kappa shape index (κ1) is 42.0. The third-order valence-corrected chi connectivity index (χ3v) is 18.8. The standard InChI is InChI=1S/C67H65NO/c1-3-15-44(16-4-1)45-29-33-52(34-30-45)68(53-35-31-46(32-36-53)50-27-28-51-41-58(47-17-5-2-6-18-47)55-21-9-10-22-56(55)59(51)39-50)54-37-38-57-60-40-48-19-7-8-20-49(48)42-63(60)67(64(57)43-54)61-23-11-13-25-65(61)69-66-26-14-12-24-62(66)67/h1-3,5-7,10-14,17-19,22-31,33-40,42,44,46,51,54,57-59,61-62,64-66H,4,8-9,15-16,20-21,32,41,43H2. The minimum absolute atomic E-state index is 0.0489. The van der Waals surface area contributed by atoms with Gasteiger partial charge in [-0.25, -0.2) is 0 Å². The van der Waals surface area contributed by atoms with E-state index < -0.39 is 0 Å².